The molecule has 2 rings (SSSR count). The molecule has 0 spiro atoms. The van der Waals surface area contributed by atoms with Crippen LogP contribution in [-0.4, -0.2) is 41.6 Å². The van der Waals surface area contributed by atoms with Crippen molar-refractivity contribution in [1.29, 1.82) is 0 Å². The lowest BCUT2D eigenvalue weighted by molar-refractivity contribution is 0.159. The number of nitrogens with one attached hydrogen (secondary N) is 1. The standard InChI is InChI=1S/C14H26N4O/c1-18-13(16-12-17-18)10-14(6-4-3-5-7-14)11-15-8-9-19-2/h12,15H,3-11H2,1-2H3. The minimum absolute atomic E-state index is 0.354. The number of aromatic nitrogens is 3. The number of hydrogen-bond donors (Lipinski definition) is 1. The molecule has 108 valence electrons. The van der Waals surface area contributed by atoms with Gasteiger partial charge in [-0.3, -0.25) is 4.68 Å². The fraction of sp³-hybridized carbons (Fsp3) is 0.857. The third-order valence-corrected chi connectivity index (χ3v) is 4.24. The molecule has 1 fully saturated rings. The molecular weight excluding hydrogens is 240 g/mol. The van der Waals surface area contributed by atoms with Crippen molar-refractivity contribution in [3.63, 3.8) is 0 Å². The molecule has 0 aliphatic heterocycles. The van der Waals surface area contributed by atoms with Crippen molar-refractivity contribution in [1.82, 2.24) is 20.1 Å². The highest BCUT2D eigenvalue weighted by atomic mass is 16.5. The van der Waals surface area contributed by atoms with Crippen LogP contribution in [0.5, 0.6) is 0 Å². The molecule has 0 bridgehead atoms. The molecular formula is C14H26N4O. The van der Waals surface area contributed by atoms with Gasteiger partial charge in [0.1, 0.15) is 12.2 Å². The van der Waals surface area contributed by atoms with Gasteiger partial charge in [-0.1, -0.05) is 19.3 Å². The minimum Gasteiger partial charge on any atom is -0.383 e. The van der Waals surface area contributed by atoms with Gasteiger partial charge in [-0.15, -0.1) is 0 Å². The molecule has 0 aromatic carbocycles. The summed E-state index contributed by atoms with van der Waals surface area (Å²) in [5.74, 6) is 1.11. The number of nitrogens with zero attached hydrogens (tertiary/aromatic N) is 3. The molecule has 1 aromatic heterocycles. The van der Waals surface area contributed by atoms with E-state index in [0.717, 1.165) is 31.9 Å². The molecule has 0 amide bonds. The van der Waals surface area contributed by atoms with Crippen LogP contribution in [-0.2, 0) is 18.2 Å². The van der Waals surface area contributed by atoms with E-state index in [4.69, 9.17) is 4.74 Å². The van der Waals surface area contributed by atoms with Crippen molar-refractivity contribution in [2.45, 2.75) is 38.5 Å². The molecule has 1 aliphatic carbocycles. The van der Waals surface area contributed by atoms with E-state index < -0.39 is 0 Å². The monoisotopic (exact) mass is 266 g/mol. The summed E-state index contributed by atoms with van der Waals surface area (Å²) in [6.45, 7) is 2.76. The lowest BCUT2D eigenvalue weighted by Crippen LogP contribution is -2.39. The molecule has 0 atom stereocenters. The lowest BCUT2D eigenvalue weighted by atomic mass is 9.71. The maximum atomic E-state index is 5.10. The first-order chi connectivity index (χ1) is 9.26. The van der Waals surface area contributed by atoms with E-state index in [9.17, 15) is 0 Å². The molecule has 1 N–H and O–H groups in total. The summed E-state index contributed by atoms with van der Waals surface area (Å²) in [6, 6.07) is 0. The Hall–Kier alpha value is -0.940. The molecule has 5 heteroatoms. The van der Waals surface area contributed by atoms with Crippen LogP contribution in [0.4, 0.5) is 0 Å². The van der Waals surface area contributed by atoms with Gasteiger partial charge in [0.25, 0.3) is 0 Å². The largest absolute Gasteiger partial charge is 0.383 e. The fourth-order valence-electron chi connectivity index (χ4n) is 3.06. The van der Waals surface area contributed by atoms with Crippen molar-refractivity contribution >= 4 is 0 Å². The Kier molecular flexibility index (Phi) is 5.34. The maximum absolute atomic E-state index is 5.10. The normalized spacial score (nSPS) is 18.6. The average Bonchev–Trinajstić information content (AvgIpc) is 2.81. The summed E-state index contributed by atoms with van der Waals surface area (Å²) >= 11 is 0. The zero-order valence-electron chi connectivity index (χ0n) is 12.2. The molecule has 19 heavy (non-hydrogen) atoms. The van der Waals surface area contributed by atoms with E-state index in [1.165, 1.54) is 32.1 Å². The number of aryl methyl sites for hydroxylation is 1. The van der Waals surface area contributed by atoms with Crippen LogP contribution in [0.1, 0.15) is 37.9 Å². The second-order valence-electron chi connectivity index (χ2n) is 5.71. The van der Waals surface area contributed by atoms with E-state index in [-0.39, 0.29) is 0 Å². The van der Waals surface area contributed by atoms with Gasteiger partial charge < -0.3 is 10.1 Å². The topological polar surface area (TPSA) is 52.0 Å². The van der Waals surface area contributed by atoms with Crippen molar-refractivity contribution < 1.29 is 4.74 Å². The molecule has 5 nitrogen and oxygen atoms in total. The summed E-state index contributed by atoms with van der Waals surface area (Å²) in [5, 5.41) is 7.73. The average molecular weight is 266 g/mol. The molecule has 0 unspecified atom stereocenters. The van der Waals surface area contributed by atoms with E-state index >= 15 is 0 Å². The van der Waals surface area contributed by atoms with Gasteiger partial charge >= 0.3 is 0 Å². The zero-order valence-corrected chi connectivity index (χ0v) is 12.2. The van der Waals surface area contributed by atoms with Crippen molar-refractivity contribution in [2.24, 2.45) is 12.5 Å². The molecule has 1 heterocycles. The minimum atomic E-state index is 0.354. The van der Waals surface area contributed by atoms with Crippen LogP contribution in [0.15, 0.2) is 6.33 Å². The number of hydrogen-bond acceptors (Lipinski definition) is 4. The van der Waals surface area contributed by atoms with E-state index in [1.807, 2.05) is 11.7 Å². The Labute approximate surface area is 115 Å². The first-order valence-electron chi connectivity index (χ1n) is 7.28. The zero-order chi connectivity index (χ0) is 13.6. The van der Waals surface area contributed by atoms with Gasteiger partial charge in [0, 0.05) is 33.7 Å². The van der Waals surface area contributed by atoms with Crippen molar-refractivity contribution in [3.05, 3.63) is 12.2 Å². The molecule has 1 aromatic rings. The summed E-state index contributed by atoms with van der Waals surface area (Å²) in [5.41, 5.74) is 0.354. The molecule has 1 aliphatic rings. The lowest BCUT2D eigenvalue weighted by Gasteiger charge is -2.37. The van der Waals surface area contributed by atoms with Gasteiger partial charge in [-0.05, 0) is 18.3 Å². The first kappa shape index (κ1) is 14.5. The van der Waals surface area contributed by atoms with Crippen LogP contribution < -0.4 is 5.32 Å². The van der Waals surface area contributed by atoms with Gasteiger partial charge in [0.2, 0.25) is 0 Å². The Balaban J connectivity index is 1.96. The molecule has 1 saturated carbocycles. The molecule has 0 radical (unpaired) electrons. The number of ether oxygens (including phenoxy) is 1. The van der Waals surface area contributed by atoms with Gasteiger partial charge in [-0.2, -0.15) is 5.10 Å². The third kappa shape index (κ3) is 4.01. The second-order valence-corrected chi connectivity index (χ2v) is 5.71. The van der Waals surface area contributed by atoms with Crippen molar-refractivity contribution in [2.75, 3.05) is 26.8 Å². The summed E-state index contributed by atoms with van der Waals surface area (Å²) in [7, 11) is 3.73. The van der Waals surface area contributed by atoms with E-state index in [0.29, 0.717) is 5.41 Å². The van der Waals surface area contributed by atoms with Gasteiger partial charge in [-0.25, -0.2) is 4.98 Å². The first-order valence-corrected chi connectivity index (χ1v) is 7.28. The Bertz CT molecular complexity index is 371. The number of rotatable bonds is 7. The highest BCUT2D eigenvalue weighted by Crippen LogP contribution is 2.38. The van der Waals surface area contributed by atoms with E-state index in [2.05, 4.69) is 15.4 Å². The molecule has 0 saturated heterocycles. The smallest absolute Gasteiger partial charge is 0.138 e. The van der Waals surface area contributed by atoms with E-state index in [1.54, 1.807) is 13.4 Å². The second kappa shape index (κ2) is 7.01. The fourth-order valence-corrected chi connectivity index (χ4v) is 3.06. The van der Waals surface area contributed by atoms with Crippen LogP contribution in [0.25, 0.3) is 0 Å². The van der Waals surface area contributed by atoms with Crippen molar-refractivity contribution in [3.8, 4) is 0 Å². The third-order valence-electron chi connectivity index (χ3n) is 4.24. The Morgan fingerprint density at radius 2 is 2.16 bits per heavy atom. The van der Waals surface area contributed by atoms with Crippen LogP contribution in [0.3, 0.4) is 0 Å². The number of methoxy groups -OCH3 is 1. The maximum Gasteiger partial charge on any atom is 0.138 e. The van der Waals surface area contributed by atoms with Gasteiger partial charge in [0.05, 0.1) is 6.61 Å². The summed E-state index contributed by atoms with van der Waals surface area (Å²) in [4.78, 5) is 4.40. The summed E-state index contributed by atoms with van der Waals surface area (Å²) in [6.07, 6.45) is 9.32. The Morgan fingerprint density at radius 3 is 2.79 bits per heavy atom. The Morgan fingerprint density at radius 1 is 1.37 bits per heavy atom. The van der Waals surface area contributed by atoms with Crippen LogP contribution in [0, 0.1) is 5.41 Å². The predicted molar refractivity (Wildman–Crippen MR) is 75.0 cm³/mol. The van der Waals surface area contributed by atoms with Gasteiger partial charge in [0.15, 0.2) is 0 Å². The summed E-state index contributed by atoms with van der Waals surface area (Å²) < 4.78 is 7.01. The van der Waals surface area contributed by atoms with Crippen LogP contribution in [0.2, 0.25) is 0 Å². The highest BCUT2D eigenvalue weighted by molar-refractivity contribution is 4.96. The SMILES string of the molecule is COCCNCC1(Cc2ncnn2C)CCCCC1. The predicted octanol–water partition coefficient (Wildman–Crippen LogP) is 1.54. The highest BCUT2D eigenvalue weighted by Gasteiger charge is 2.33. The quantitative estimate of drug-likeness (QED) is 0.761. The van der Waals surface area contributed by atoms with Crippen LogP contribution >= 0.6 is 0 Å².